The normalized spacial score (nSPS) is 19.0. The molecule has 0 heterocycles. The Hall–Kier alpha value is -1.22. The first-order valence-corrected chi connectivity index (χ1v) is 6.91. The molecule has 0 aromatic heterocycles. The molecule has 3 heteroatoms. The van der Waals surface area contributed by atoms with Gasteiger partial charge in [-0.15, -0.1) is 0 Å². The van der Waals surface area contributed by atoms with Crippen LogP contribution in [-0.4, -0.2) is 19.2 Å². The van der Waals surface area contributed by atoms with E-state index in [1.807, 2.05) is 18.2 Å². The van der Waals surface area contributed by atoms with Crippen LogP contribution < -0.4 is 15.8 Å². The van der Waals surface area contributed by atoms with E-state index in [-0.39, 0.29) is 5.54 Å². The van der Waals surface area contributed by atoms with Crippen LogP contribution in [0.4, 0.5) is 5.69 Å². The van der Waals surface area contributed by atoms with Crippen molar-refractivity contribution in [2.24, 2.45) is 5.73 Å². The summed E-state index contributed by atoms with van der Waals surface area (Å²) in [5, 5.41) is 3.65. The van der Waals surface area contributed by atoms with Crippen LogP contribution in [0.5, 0.6) is 5.75 Å². The van der Waals surface area contributed by atoms with Crippen LogP contribution in [0, 0.1) is 0 Å². The van der Waals surface area contributed by atoms with Gasteiger partial charge in [-0.3, -0.25) is 0 Å². The second kappa shape index (κ2) is 6.10. The summed E-state index contributed by atoms with van der Waals surface area (Å²) in [7, 11) is 1.71. The fourth-order valence-electron chi connectivity index (χ4n) is 2.82. The molecule has 0 radical (unpaired) electrons. The molecule has 3 N–H and O–H groups in total. The summed E-state index contributed by atoms with van der Waals surface area (Å²) in [4.78, 5) is 0. The molecule has 1 aromatic rings. The fourth-order valence-corrected chi connectivity index (χ4v) is 2.82. The topological polar surface area (TPSA) is 47.3 Å². The van der Waals surface area contributed by atoms with E-state index >= 15 is 0 Å². The number of benzene rings is 1. The lowest BCUT2D eigenvalue weighted by atomic mass is 9.90. The van der Waals surface area contributed by atoms with Gasteiger partial charge in [-0.2, -0.15) is 0 Å². The van der Waals surface area contributed by atoms with Gasteiger partial charge in [-0.25, -0.2) is 0 Å². The maximum Gasteiger partial charge on any atom is 0.141 e. The zero-order valence-electron chi connectivity index (χ0n) is 11.2. The van der Waals surface area contributed by atoms with Crippen molar-refractivity contribution >= 4 is 5.69 Å². The Balaban J connectivity index is 2.18. The van der Waals surface area contributed by atoms with E-state index < -0.39 is 0 Å². The lowest BCUT2D eigenvalue weighted by Crippen LogP contribution is -2.45. The Morgan fingerprint density at radius 2 is 1.83 bits per heavy atom. The number of ether oxygens (including phenoxy) is 1. The lowest BCUT2D eigenvalue weighted by molar-refractivity contribution is 0.399. The van der Waals surface area contributed by atoms with Gasteiger partial charge in [0.1, 0.15) is 5.75 Å². The van der Waals surface area contributed by atoms with Gasteiger partial charge >= 0.3 is 0 Å². The molecule has 1 aromatic carbocycles. The second-order valence-electron chi connectivity index (χ2n) is 5.22. The van der Waals surface area contributed by atoms with Crippen LogP contribution in [0.1, 0.15) is 38.5 Å². The first kappa shape index (κ1) is 13.2. The maximum atomic E-state index is 6.04. The van der Waals surface area contributed by atoms with E-state index in [2.05, 4.69) is 11.4 Å². The predicted octanol–water partition coefficient (Wildman–Crippen LogP) is 3.16. The number of para-hydroxylation sites is 2. The molecule has 2 rings (SSSR count). The molecular formula is C15H24N2O. The Bertz CT molecular complexity index is 371. The lowest BCUT2D eigenvalue weighted by Gasteiger charge is -2.34. The molecule has 0 unspecified atom stereocenters. The van der Waals surface area contributed by atoms with Gasteiger partial charge in [0.15, 0.2) is 0 Å². The number of nitrogens with two attached hydrogens (primary N) is 1. The minimum atomic E-state index is 0.0468. The summed E-state index contributed by atoms with van der Waals surface area (Å²) in [6, 6.07) is 8.09. The number of methoxy groups -OCH3 is 1. The van der Waals surface area contributed by atoms with Crippen molar-refractivity contribution < 1.29 is 4.74 Å². The van der Waals surface area contributed by atoms with Crippen molar-refractivity contribution in [3.63, 3.8) is 0 Å². The molecule has 0 atom stereocenters. The smallest absolute Gasteiger partial charge is 0.141 e. The highest BCUT2D eigenvalue weighted by atomic mass is 16.5. The van der Waals surface area contributed by atoms with Crippen molar-refractivity contribution in [2.75, 3.05) is 19.0 Å². The molecule has 100 valence electrons. The Kier molecular flexibility index (Phi) is 4.48. The molecule has 18 heavy (non-hydrogen) atoms. The summed E-state index contributed by atoms with van der Waals surface area (Å²) < 4.78 is 5.40. The average molecular weight is 248 g/mol. The molecule has 0 bridgehead atoms. The minimum absolute atomic E-state index is 0.0468. The van der Waals surface area contributed by atoms with Crippen molar-refractivity contribution in [3.8, 4) is 5.75 Å². The highest BCUT2D eigenvalue weighted by molar-refractivity contribution is 5.57. The van der Waals surface area contributed by atoms with Crippen LogP contribution in [0.25, 0.3) is 0 Å². The molecule has 0 amide bonds. The van der Waals surface area contributed by atoms with E-state index in [0.29, 0.717) is 6.54 Å². The van der Waals surface area contributed by atoms with Crippen molar-refractivity contribution in [2.45, 2.75) is 44.1 Å². The van der Waals surface area contributed by atoms with E-state index in [1.165, 1.54) is 25.7 Å². The molecule has 1 fully saturated rings. The zero-order chi connectivity index (χ0) is 12.8. The van der Waals surface area contributed by atoms with Gasteiger partial charge in [0.25, 0.3) is 0 Å². The van der Waals surface area contributed by atoms with Gasteiger partial charge in [-0.05, 0) is 25.0 Å². The van der Waals surface area contributed by atoms with Crippen LogP contribution in [-0.2, 0) is 0 Å². The van der Waals surface area contributed by atoms with Crippen molar-refractivity contribution in [1.82, 2.24) is 0 Å². The first-order chi connectivity index (χ1) is 8.79. The zero-order valence-corrected chi connectivity index (χ0v) is 11.2. The molecule has 1 aliphatic rings. The molecule has 1 saturated carbocycles. The third kappa shape index (κ3) is 2.96. The van der Waals surface area contributed by atoms with Gasteiger partial charge in [0.05, 0.1) is 12.8 Å². The third-order valence-corrected chi connectivity index (χ3v) is 3.96. The van der Waals surface area contributed by atoms with Crippen molar-refractivity contribution in [1.29, 1.82) is 0 Å². The highest BCUT2D eigenvalue weighted by Gasteiger charge is 2.29. The quantitative estimate of drug-likeness (QED) is 0.805. The second-order valence-corrected chi connectivity index (χ2v) is 5.22. The summed E-state index contributed by atoms with van der Waals surface area (Å²) in [6.07, 6.45) is 7.49. The highest BCUT2D eigenvalue weighted by Crippen LogP contribution is 2.33. The Labute approximate surface area is 110 Å². The van der Waals surface area contributed by atoms with Crippen molar-refractivity contribution in [3.05, 3.63) is 24.3 Å². The number of hydrogen-bond acceptors (Lipinski definition) is 3. The molecule has 1 aliphatic carbocycles. The Morgan fingerprint density at radius 3 is 2.44 bits per heavy atom. The number of anilines is 1. The van der Waals surface area contributed by atoms with Gasteiger partial charge in [0.2, 0.25) is 0 Å². The largest absolute Gasteiger partial charge is 0.495 e. The maximum absolute atomic E-state index is 6.04. The first-order valence-electron chi connectivity index (χ1n) is 6.91. The summed E-state index contributed by atoms with van der Waals surface area (Å²) in [5.41, 5.74) is 7.15. The number of nitrogens with one attached hydrogen (secondary N) is 1. The SMILES string of the molecule is COc1ccccc1NC1(CN)CCCCCC1. The van der Waals surface area contributed by atoms with Gasteiger partial charge < -0.3 is 15.8 Å². The minimum Gasteiger partial charge on any atom is -0.495 e. The van der Waals surface area contributed by atoms with Crippen LogP contribution in [0.2, 0.25) is 0 Å². The fraction of sp³-hybridized carbons (Fsp3) is 0.600. The predicted molar refractivity (Wildman–Crippen MR) is 76.1 cm³/mol. The monoisotopic (exact) mass is 248 g/mol. The van der Waals surface area contributed by atoms with Crippen LogP contribution >= 0.6 is 0 Å². The summed E-state index contributed by atoms with van der Waals surface area (Å²) in [6.45, 7) is 0.686. The van der Waals surface area contributed by atoms with Crippen LogP contribution in [0.15, 0.2) is 24.3 Å². The average Bonchev–Trinajstić information content (AvgIpc) is 2.66. The van der Waals surface area contributed by atoms with Gasteiger partial charge in [0, 0.05) is 12.1 Å². The molecule has 0 saturated heterocycles. The summed E-state index contributed by atoms with van der Waals surface area (Å²) in [5.74, 6) is 0.898. The van der Waals surface area contributed by atoms with Crippen LogP contribution in [0.3, 0.4) is 0 Å². The third-order valence-electron chi connectivity index (χ3n) is 3.96. The van der Waals surface area contributed by atoms with E-state index in [4.69, 9.17) is 10.5 Å². The van der Waals surface area contributed by atoms with Gasteiger partial charge in [-0.1, -0.05) is 37.8 Å². The molecular weight excluding hydrogens is 224 g/mol. The Morgan fingerprint density at radius 1 is 1.17 bits per heavy atom. The molecule has 0 spiro atoms. The van der Waals surface area contributed by atoms with E-state index in [1.54, 1.807) is 7.11 Å². The molecule has 3 nitrogen and oxygen atoms in total. The molecule has 0 aliphatic heterocycles. The van der Waals surface area contributed by atoms with E-state index in [9.17, 15) is 0 Å². The number of hydrogen-bond donors (Lipinski definition) is 2. The van der Waals surface area contributed by atoms with E-state index in [0.717, 1.165) is 24.3 Å². The number of rotatable bonds is 4. The summed E-state index contributed by atoms with van der Waals surface area (Å²) >= 11 is 0. The standard InChI is InChI=1S/C15H24N2O/c1-18-14-9-5-4-8-13(14)17-15(12-16)10-6-2-3-7-11-15/h4-5,8-9,17H,2-3,6-7,10-12,16H2,1H3.